The lowest BCUT2D eigenvalue weighted by Crippen LogP contribution is -2.47. The van der Waals surface area contributed by atoms with Gasteiger partial charge in [-0.05, 0) is 34.5 Å². The van der Waals surface area contributed by atoms with Crippen LogP contribution in [0, 0.1) is 0 Å². The SMILES string of the molecule is CC(NC(=O)CN1Cc2cccc(Br)c2C1=O)C(F)(F)F. The minimum absolute atomic E-state index is 0.210. The highest BCUT2D eigenvalue weighted by atomic mass is 79.9. The molecule has 1 N–H and O–H groups in total. The van der Waals surface area contributed by atoms with Crippen molar-refractivity contribution in [1.82, 2.24) is 10.2 Å². The quantitative estimate of drug-likeness (QED) is 0.895. The molecule has 1 heterocycles. The van der Waals surface area contributed by atoms with Gasteiger partial charge in [0, 0.05) is 11.0 Å². The number of hydrogen-bond donors (Lipinski definition) is 1. The van der Waals surface area contributed by atoms with Gasteiger partial charge >= 0.3 is 6.18 Å². The maximum atomic E-state index is 12.4. The van der Waals surface area contributed by atoms with E-state index in [1.54, 1.807) is 18.2 Å². The minimum atomic E-state index is -4.50. The van der Waals surface area contributed by atoms with Crippen molar-refractivity contribution in [3.63, 3.8) is 0 Å². The van der Waals surface area contributed by atoms with Crippen LogP contribution in [0.5, 0.6) is 0 Å². The van der Waals surface area contributed by atoms with Crippen LogP contribution in [0.15, 0.2) is 22.7 Å². The number of carbonyl (C=O) groups excluding carboxylic acids is 2. The maximum absolute atomic E-state index is 12.4. The summed E-state index contributed by atoms with van der Waals surface area (Å²) >= 11 is 3.25. The molecular formula is C13H12BrF3N2O2. The molecule has 8 heteroatoms. The molecule has 1 unspecified atom stereocenters. The molecule has 1 aromatic carbocycles. The van der Waals surface area contributed by atoms with Crippen LogP contribution in [0.1, 0.15) is 22.8 Å². The monoisotopic (exact) mass is 364 g/mol. The van der Waals surface area contributed by atoms with Gasteiger partial charge in [-0.15, -0.1) is 0 Å². The highest BCUT2D eigenvalue weighted by molar-refractivity contribution is 9.10. The fraction of sp³-hybridized carbons (Fsp3) is 0.385. The fourth-order valence-electron chi connectivity index (χ4n) is 2.05. The third-order valence-corrected chi connectivity index (χ3v) is 3.83. The number of fused-ring (bicyclic) bond motifs is 1. The molecule has 21 heavy (non-hydrogen) atoms. The average molecular weight is 365 g/mol. The number of halogens is 4. The minimum Gasteiger partial charge on any atom is -0.343 e. The van der Waals surface area contributed by atoms with Crippen LogP contribution in [0.4, 0.5) is 13.2 Å². The number of amides is 2. The first-order valence-corrected chi connectivity index (χ1v) is 6.92. The van der Waals surface area contributed by atoms with Gasteiger partial charge in [-0.1, -0.05) is 12.1 Å². The van der Waals surface area contributed by atoms with Crippen molar-refractivity contribution < 1.29 is 22.8 Å². The van der Waals surface area contributed by atoms with Crippen LogP contribution >= 0.6 is 15.9 Å². The summed E-state index contributed by atoms with van der Waals surface area (Å²) in [4.78, 5) is 25.0. The zero-order valence-electron chi connectivity index (χ0n) is 11.0. The van der Waals surface area contributed by atoms with Crippen molar-refractivity contribution in [3.8, 4) is 0 Å². The maximum Gasteiger partial charge on any atom is 0.408 e. The van der Waals surface area contributed by atoms with Gasteiger partial charge in [0.1, 0.15) is 12.6 Å². The Kier molecular flexibility index (Phi) is 4.27. The highest BCUT2D eigenvalue weighted by Gasteiger charge is 2.38. The van der Waals surface area contributed by atoms with E-state index in [2.05, 4.69) is 15.9 Å². The van der Waals surface area contributed by atoms with E-state index >= 15 is 0 Å². The Morgan fingerprint density at radius 1 is 1.48 bits per heavy atom. The molecule has 1 aromatic rings. The molecule has 0 bridgehead atoms. The van der Waals surface area contributed by atoms with E-state index < -0.39 is 24.7 Å². The number of alkyl halides is 3. The van der Waals surface area contributed by atoms with Crippen molar-refractivity contribution in [1.29, 1.82) is 0 Å². The molecule has 0 spiro atoms. The van der Waals surface area contributed by atoms with E-state index in [9.17, 15) is 22.8 Å². The van der Waals surface area contributed by atoms with Crippen LogP contribution in [0.3, 0.4) is 0 Å². The van der Waals surface area contributed by atoms with Gasteiger partial charge in [-0.2, -0.15) is 13.2 Å². The summed E-state index contributed by atoms with van der Waals surface area (Å²) in [7, 11) is 0. The van der Waals surface area contributed by atoms with Crippen LogP contribution in [-0.4, -0.2) is 35.5 Å². The highest BCUT2D eigenvalue weighted by Crippen LogP contribution is 2.29. The molecule has 114 valence electrons. The van der Waals surface area contributed by atoms with Crippen LogP contribution in [-0.2, 0) is 11.3 Å². The van der Waals surface area contributed by atoms with Gasteiger partial charge in [0.2, 0.25) is 5.91 Å². The van der Waals surface area contributed by atoms with E-state index in [4.69, 9.17) is 0 Å². The van der Waals surface area contributed by atoms with E-state index in [0.717, 1.165) is 12.5 Å². The summed E-state index contributed by atoms with van der Waals surface area (Å²) in [5.74, 6) is -1.20. The van der Waals surface area contributed by atoms with Crippen molar-refractivity contribution in [2.24, 2.45) is 0 Å². The Balaban J connectivity index is 2.02. The summed E-state index contributed by atoms with van der Waals surface area (Å²) in [6.45, 7) is 0.664. The first-order valence-electron chi connectivity index (χ1n) is 6.13. The molecule has 0 aliphatic carbocycles. The van der Waals surface area contributed by atoms with Gasteiger partial charge < -0.3 is 10.2 Å². The second-order valence-electron chi connectivity index (χ2n) is 4.77. The van der Waals surface area contributed by atoms with Crippen LogP contribution < -0.4 is 5.32 Å². The van der Waals surface area contributed by atoms with Crippen LogP contribution in [0.2, 0.25) is 0 Å². The second kappa shape index (κ2) is 5.67. The molecule has 0 saturated carbocycles. The summed E-state index contributed by atoms with van der Waals surface area (Å²) in [5.41, 5.74) is 1.19. The number of hydrogen-bond acceptors (Lipinski definition) is 2. The molecule has 1 aliphatic rings. The predicted molar refractivity (Wildman–Crippen MR) is 72.5 cm³/mol. The molecular weight excluding hydrogens is 353 g/mol. The van der Waals surface area contributed by atoms with E-state index in [0.29, 0.717) is 10.0 Å². The molecule has 4 nitrogen and oxygen atoms in total. The van der Waals surface area contributed by atoms with E-state index in [1.165, 1.54) is 4.90 Å². The topological polar surface area (TPSA) is 49.4 Å². The standard InChI is InChI=1S/C13H12BrF3N2O2/c1-7(13(15,16)17)18-10(20)6-19-5-8-3-2-4-9(14)11(8)12(19)21/h2-4,7H,5-6H2,1H3,(H,18,20). The number of nitrogens with one attached hydrogen (secondary N) is 1. The Morgan fingerprint density at radius 3 is 2.71 bits per heavy atom. The lowest BCUT2D eigenvalue weighted by molar-refractivity contribution is -0.158. The van der Waals surface area contributed by atoms with Gasteiger partial charge in [0.15, 0.2) is 0 Å². The molecule has 1 aliphatic heterocycles. The summed E-state index contributed by atoms with van der Waals surface area (Å²) in [5, 5.41) is 1.84. The number of rotatable bonds is 3. The molecule has 0 aromatic heterocycles. The average Bonchev–Trinajstić information content (AvgIpc) is 2.66. The Morgan fingerprint density at radius 2 is 2.14 bits per heavy atom. The molecule has 0 radical (unpaired) electrons. The fourth-order valence-corrected chi connectivity index (χ4v) is 2.62. The van der Waals surface area contributed by atoms with E-state index in [1.807, 2.05) is 5.32 Å². The first kappa shape index (κ1) is 15.8. The molecule has 1 atom stereocenters. The Hall–Kier alpha value is -1.57. The number of benzene rings is 1. The van der Waals surface area contributed by atoms with Crippen LogP contribution in [0.25, 0.3) is 0 Å². The van der Waals surface area contributed by atoms with E-state index in [-0.39, 0.29) is 12.5 Å². The molecule has 2 rings (SSSR count). The molecule has 0 fully saturated rings. The Bertz CT molecular complexity index is 589. The normalized spacial score (nSPS) is 15.9. The second-order valence-corrected chi connectivity index (χ2v) is 5.62. The largest absolute Gasteiger partial charge is 0.408 e. The van der Waals surface area contributed by atoms with Crippen molar-refractivity contribution in [3.05, 3.63) is 33.8 Å². The van der Waals surface area contributed by atoms with Gasteiger partial charge in [-0.25, -0.2) is 0 Å². The summed E-state index contributed by atoms with van der Waals surface area (Å²) in [6.07, 6.45) is -4.50. The number of carbonyl (C=O) groups is 2. The number of nitrogens with zero attached hydrogens (tertiary/aromatic N) is 1. The molecule has 2 amide bonds. The van der Waals surface area contributed by atoms with Crippen molar-refractivity contribution in [2.75, 3.05) is 6.54 Å². The van der Waals surface area contributed by atoms with Crippen molar-refractivity contribution >= 4 is 27.7 Å². The summed E-state index contributed by atoms with van der Waals surface area (Å²) in [6, 6.07) is 3.25. The lowest BCUT2D eigenvalue weighted by atomic mass is 10.1. The van der Waals surface area contributed by atoms with Gasteiger partial charge in [-0.3, -0.25) is 9.59 Å². The first-order chi connectivity index (χ1) is 9.70. The third-order valence-electron chi connectivity index (χ3n) is 3.17. The zero-order valence-corrected chi connectivity index (χ0v) is 12.6. The predicted octanol–water partition coefficient (Wildman–Crippen LogP) is 2.47. The van der Waals surface area contributed by atoms with Gasteiger partial charge in [0.25, 0.3) is 5.91 Å². The molecule has 0 saturated heterocycles. The Labute approximate surface area is 127 Å². The van der Waals surface area contributed by atoms with Gasteiger partial charge in [0.05, 0.1) is 5.56 Å². The summed E-state index contributed by atoms with van der Waals surface area (Å²) < 4.78 is 37.7. The van der Waals surface area contributed by atoms with Crippen molar-refractivity contribution in [2.45, 2.75) is 25.7 Å². The third kappa shape index (κ3) is 3.37. The smallest absolute Gasteiger partial charge is 0.343 e. The lowest BCUT2D eigenvalue weighted by Gasteiger charge is -2.20. The zero-order chi connectivity index (χ0) is 15.8.